The molecule has 3 N–H and O–H groups in total. The van der Waals surface area contributed by atoms with Crippen molar-refractivity contribution in [3.63, 3.8) is 0 Å². The molecule has 1 aromatic carbocycles. The van der Waals surface area contributed by atoms with Gasteiger partial charge in [-0.05, 0) is 29.3 Å². The van der Waals surface area contributed by atoms with E-state index in [1.807, 2.05) is 0 Å². The van der Waals surface area contributed by atoms with Crippen molar-refractivity contribution >= 4 is 52.6 Å². The number of carbonyl (C=O) groups excluding carboxylic acids is 1. The first-order valence-electron chi connectivity index (χ1n) is 6.35. The molecular weight excluding hydrogens is 397 g/mol. The van der Waals surface area contributed by atoms with E-state index in [0.717, 1.165) is 0 Å². The van der Waals surface area contributed by atoms with Gasteiger partial charge in [-0.3, -0.25) is 14.4 Å². The van der Waals surface area contributed by atoms with Crippen molar-refractivity contribution in [2.24, 2.45) is 5.73 Å². The Kier molecular flexibility index (Phi) is 7.44. The molecule has 1 amide bonds. The first-order chi connectivity index (χ1) is 10.8. The van der Waals surface area contributed by atoms with Crippen molar-refractivity contribution in [3.05, 3.63) is 62.7 Å². The predicted molar refractivity (Wildman–Crippen MR) is 94.2 cm³/mol. The third kappa shape index (κ3) is 5.32. The summed E-state index contributed by atoms with van der Waals surface area (Å²) in [5, 5.41) is 8.66. The van der Waals surface area contributed by atoms with Gasteiger partial charge in [0.2, 0.25) is 0 Å². The molecule has 6 nitrogen and oxygen atoms in total. The summed E-state index contributed by atoms with van der Waals surface area (Å²) in [4.78, 5) is 11.3. The molecule has 1 atom stereocenters. The predicted octanol–water partition coefficient (Wildman–Crippen LogP) is 2.22. The minimum atomic E-state index is -2.23. The molecule has 0 radical (unpaired) electrons. The van der Waals surface area contributed by atoms with Crippen molar-refractivity contribution in [2.45, 2.75) is 12.3 Å². The molecule has 0 spiro atoms. The normalized spacial score (nSPS) is 11.6. The number of aromatic nitrogens is 1. The average Bonchev–Trinajstić information content (AvgIpc) is 2.40. The fourth-order valence-corrected chi connectivity index (χ4v) is 3.09. The van der Waals surface area contributed by atoms with E-state index in [9.17, 15) is 13.6 Å². The van der Waals surface area contributed by atoms with Crippen LogP contribution in [-0.2, 0) is 23.4 Å². The summed E-state index contributed by atoms with van der Waals surface area (Å²) in [5.74, 6) is -0.909. The maximum Gasteiger partial charge on any atom is 0.252 e. The van der Waals surface area contributed by atoms with Crippen LogP contribution < -0.4 is 11.2 Å². The zero-order chi connectivity index (χ0) is 17.1. The van der Waals surface area contributed by atoms with Crippen molar-refractivity contribution < 1.29 is 13.6 Å². The molecule has 2 aromatic rings. The third-order valence-electron chi connectivity index (χ3n) is 3.02. The monoisotopic (exact) mass is 408 g/mol. The Bertz CT molecular complexity index is 855. The molecule has 130 valence electrons. The van der Waals surface area contributed by atoms with Crippen LogP contribution in [0.25, 0.3) is 0 Å². The molecule has 1 heterocycles. The van der Waals surface area contributed by atoms with Crippen LogP contribution in [0, 0.1) is 5.41 Å². The zero-order valence-electron chi connectivity index (χ0n) is 12.1. The second-order valence-corrected chi connectivity index (χ2v) is 6.60. The molecule has 2 rings (SSSR count). The van der Waals surface area contributed by atoms with Gasteiger partial charge in [0.25, 0.3) is 5.91 Å². The van der Waals surface area contributed by atoms with Crippen LogP contribution in [0.2, 0.25) is 10.0 Å². The molecule has 0 saturated carbocycles. The summed E-state index contributed by atoms with van der Waals surface area (Å²) < 4.78 is 23.1. The smallest absolute Gasteiger partial charge is 0.252 e. The van der Waals surface area contributed by atoms with Gasteiger partial charge in [-0.25, -0.2) is 0 Å². The zero-order valence-corrected chi connectivity index (χ0v) is 15.3. The minimum Gasteiger partial charge on any atom is -0.772 e. The number of nitrogens with two attached hydrogens (primary N) is 1. The van der Waals surface area contributed by atoms with E-state index in [2.05, 4.69) is 0 Å². The number of nitrogens with one attached hydrogen (secondary N) is 1. The highest BCUT2D eigenvalue weighted by Gasteiger charge is 2.09. The Balaban J connectivity index is 0.00000288. The first kappa shape index (κ1) is 20.7. The highest BCUT2D eigenvalue weighted by molar-refractivity contribution is 7.78. The number of benzene rings is 1. The Hall–Kier alpha value is -1.38. The standard InChI is InChI=1S/C14H13Cl2N3O3S.ClH/c15-10-2-8(1-9(3-10)7-23(21)22)5-19-6-11(16)4-12(13(19)17)14(18)20;/h1-4,6,17H,5,7H2,(H2,18,20)(H,21,22);1H/p-1. The van der Waals surface area contributed by atoms with Crippen molar-refractivity contribution in [1.82, 2.24) is 4.57 Å². The van der Waals surface area contributed by atoms with Gasteiger partial charge >= 0.3 is 0 Å². The lowest BCUT2D eigenvalue weighted by Gasteiger charge is -2.12. The van der Waals surface area contributed by atoms with Gasteiger partial charge in [-0.15, -0.1) is 12.4 Å². The molecule has 1 unspecified atom stereocenters. The second kappa shape index (κ2) is 8.64. The third-order valence-corrected chi connectivity index (χ3v) is 4.02. The Morgan fingerprint density at radius 2 is 1.83 bits per heavy atom. The topological polar surface area (TPSA) is 112 Å². The van der Waals surface area contributed by atoms with E-state index in [4.69, 9.17) is 34.3 Å². The lowest BCUT2D eigenvalue weighted by Crippen LogP contribution is -2.29. The molecule has 10 heteroatoms. The van der Waals surface area contributed by atoms with Crippen LogP contribution in [0.15, 0.2) is 30.5 Å². The second-order valence-electron chi connectivity index (χ2n) is 4.83. The summed E-state index contributed by atoms with van der Waals surface area (Å²) in [7, 11) is 0. The largest absolute Gasteiger partial charge is 0.772 e. The van der Waals surface area contributed by atoms with Crippen molar-refractivity contribution in [3.8, 4) is 0 Å². The van der Waals surface area contributed by atoms with Crippen LogP contribution in [0.4, 0.5) is 0 Å². The number of rotatable bonds is 5. The number of nitrogens with zero attached hydrogens (tertiary/aromatic N) is 1. The summed E-state index contributed by atoms with van der Waals surface area (Å²) in [6.45, 7) is 0.193. The van der Waals surface area contributed by atoms with Crippen LogP contribution in [0.3, 0.4) is 0 Å². The first-order valence-corrected chi connectivity index (χ1v) is 8.35. The van der Waals surface area contributed by atoms with E-state index >= 15 is 0 Å². The van der Waals surface area contributed by atoms with Crippen LogP contribution in [0.1, 0.15) is 21.5 Å². The van der Waals surface area contributed by atoms with E-state index in [1.54, 1.807) is 18.2 Å². The fourth-order valence-electron chi connectivity index (χ4n) is 2.15. The molecule has 0 fully saturated rings. The van der Waals surface area contributed by atoms with Crippen LogP contribution in [0.5, 0.6) is 0 Å². The van der Waals surface area contributed by atoms with E-state index in [0.29, 0.717) is 16.1 Å². The van der Waals surface area contributed by atoms with Gasteiger partial charge in [0.05, 0.1) is 10.6 Å². The number of primary amides is 1. The maximum atomic E-state index is 11.3. The number of amides is 1. The van der Waals surface area contributed by atoms with Gasteiger partial charge in [-0.1, -0.05) is 40.3 Å². The highest BCUT2D eigenvalue weighted by atomic mass is 35.5. The SMILES string of the molecule is Cl.N=c1c(C(N)=O)cc(Cl)cn1Cc1cc(Cl)cc(CS(=O)[O-])c1. The van der Waals surface area contributed by atoms with Gasteiger partial charge < -0.3 is 14.9 Å². The maximum absolute atomic E-state index is 11.3. The van der Waals surface area contributed by atoms with Gasteiger partial charge in [0.1, 0.15) is 5.49 Å². The summed E-state index contributed by atoms with van der Waals surface area (Å²) in [5.41, 5.74) is 6.35. The summed E-state index contributed by atoms with van der Waals surface area (Å²) >= 11 is 9.71. The van der Waals surface area contributed by atoms with Gasteiger partial charge in [0, 0.05) is 23.5 Å². The Morgan fingerprint density at radius 1 is 1.21 bits per heavy atom. The van der Waals surface area contributed by atoms with E-state index < -0.39 is 17.0 Å². The van der Waals surface area contributed by atoms with Crippen LogP contribution >= 0.6 is 35.6 Å². The number of halogens is 3. The molecule has 0 aliphatic rings. The molecule has 0 saturated heterocycles. The van der Waals surface area contributed by atoms with Crippen LogP contribution in [-0.4, -0.2) is 19.2 Å². The summed E-state index contributed by atoms with van der Waals surface area (Å²) in [6, 6.07) is 6.20. The molecule has 0 bridgehead atoms. The van der Waals surface area contributed by atoms with Gasteiger partial charge in [0.15, 0.2) is 0 Å². The number of hydrogen-bond acceptors (Lipinski definition) is 4. The average molecular weight is 410 g/mol. The minimum absolute atomic E-state index is 0. The van der Waals surface area contributed by atoms with E-state index in [-0.39, 0.29) is 40.8 Å². The number of pyridine rings is 1. The molecule has 24 heavy (non-hydrogen) atoms. The molecule has 0 aliphatic heterocycles. The lowest BCUT2D eigenvalue weighted by atomic mass is 10.1. The molecule has 0 aliphatic carbocycles. The summed E-state index contributed by atoms with van der Waals surface area (Å²) in [6.07, 6.45) is 1.49. The van der Waals surface area contributed by atoms with Gasteiger partial charge in [-0.2, -0.15) is 0 Å². The quantitative estimate of drug-likeness (QED) is 0.738. The fraction of sp³-hybridized carbons (Fsp3) is 0.143. The molecule has 1 aromatic heterocycles. The number of hydrogen-bond donors (Lipinski definition) is 2. The Morgan fingerprint density at radius 3 is 2.42 bits per heavy atom. The lowest BCUT2D eigenvalue weighted by molar-refractivity contribution is 0.0997. The van der Waals surface area contributed by atoms with E-state index in [1.165, 1.54) is 16.8 Å². The van der Waals surface area contributed by atoms with Crippen molar-refractivity contribution in [2.75, 3.05) is 0 Å². The molecular formula is C14H13Cl3N3O3S-. The number of carbonyl (C=O) groups is 1. The Labute approximate surface area is 156 Å². The van der Waals surface area contributed by atoms with Crippen molar-refractivity contribution in [1.29, 1.82) is 5.41 Å². The highest BCUT2D eigenvalue weighted by Crippen LogP contribution is 2.18.